The third-order valence-corrected chi connectivity index (χ3v) is 6.19. The van der Waals surface area contributed by atoms with Crippen LogP contribution in [0, 0.1) is 5.82 Å². The summed E-state index contributed by atoms with van der Waals surface area (Å²) in [6.45, 7) is 0.725. The Balaban J connectivity index is 1.37. The average Bonchev–Trinajstić information content (AvgIpc) is 3.05. The molecule has 1 atom stereocenters. The molecular weight excluding hydrogens is 459 g/mol. The van der Waals surface area contributed by atoms with E-state index < -0.39 is 6.04 Å². The highest BCUT2D eigenvalue weighted by atomic mass is 19.1. The van der Waals surface area contributed by atoms with Gasteiger partial charge in [-0.05, 0) is 72.4 Å². The van der Waals surface area contributed by atoms with Crippen LogP contribution in [-0.4, -0.2) is 41.8 Å². The summed E-state index contributed by atoms with van der Waals surface area (Å²) >= 11 is 0. The van der Waals surface area contributed by atoms with Crippen LogP contribution >= 0.6 is 0 Å². The largest absolute Gasteiger partial charge is 0.340 e. The van der Waals surface area contributed by atoms with E-state index in [0.29, 0.717) is 30.8 Å². The molecule has 8 heteroatoms. The number of nitrogens with two attached hydrogens (primary N) is 1. The molecule has 1 heterocycles. The van der Waals surface area contributed by atoms with Gasteiger partial charge in [0.15, 0.2) is 0 Å². The lowest BCUT2D eigenvalue weighted by molar-refractivity contribution is -0.135. The lowest BCUT2D eigenvalue weighted by Crippen LogP contribution is -2.49. The van der Waals surface area contributed by atoms with Crippen LogP contribution in [-0.2, 0) is 16.1 Å². The molecule has 4 N–H and O–H groups in total. The minimum Gasteiger partial charge on any atom is -0.340 e. The monoisotopic (exact) mass is 488 g/mol. The standard InChI is InChI=1S/C28H29FN4O3/c29-23-13-11-21(12-14-23)20-7-9-22(10-8-20)27(35)32-25-6-1-2-15-33(28(25)36)18-26(34)31-24-5-3-4-19(16-24)17-30/h3-5,7-14,16,25H,1-2,6,15,17-18,30H2,(H,31,34)(H,32,35). The summed E-state index contributed by atoms with van der Waals surface area (Å²) in [5, 5.41) is 5.65. The summed E-state index contributed by atoms with van der Waals surface area (Å²) in [7, 11) is 0. The summed E-state index contributed by atoms with van der Waals surface area (Å²) in [6, 6.07) is 19.6. The number of carbonyl (C=O) groups is 3. The second-order valence-corrected chi connectivity index (χ2v) is 8.82. The van der Waals surface area contributed by atoms with Crippen LogP contribution in [0.25, 0.3) is 11.1 Å². The van der Waals surface area contributed by atoms with E-state index in [1.54, 1.807) is 48.5 Å². The molecule has 0 saturated carbocycles. The molecule has 0 bridgehead atoms. The first-order chi connectivity index (χ1) is 17.4. The zero-order valence-electron chi connectivity index (χ0n) is 19.9. The van der Waals surface area contributed by atoms with Gasteiger partial charge in [0.25, 0.3) is 5.91 Å². The number of rotatable bonds is 7. The van der Waals surface area contributed by atoms with E-state index in [-0.39, 0.29) is 30.1 Å². The number of likely N-dealkylation sites (tertiary alicyclic amines) is 1. The van der Waals surface area contributed by atoms with Crippen LogP contribution in [0.1, 0.15) is 35.2 Å². The molecule has 186 valence electrons. The number of amides is 3. The highest BCUT2D eigenvalue weighted by Gasteiger charge is 2.29. The number of anilines is 1. The van der Waals surface area contributed by atoms with Gasteiger partial charge in [-0.1, -0.05) is 36.4 Å². The average molecular weight is 489 g/mol. The Morgan fingerprint density at radius 3 is 2.36 bits per heavy atom. The first-order valence-electron chi connectivity index (χ1n) is 12.0. The number of halogens is 1. The van der Waals surface area contributed by atoms with Gasteiger partial charge in [0.1, 0.15) is 11.9 Å². The van der Waals surface area contributed by atoms with Gasteiger partial charge < -0.3 is 21.3 Å². The van der Waals surface area contributed by atoms with Gasteiger partial charge in [-0.15, -0.1) is 0 Å². The van der Waals surface area contributed by atoms with E-state index in [0.717, 1.165) is 29.5 Å². The maximum atomic E-state index is 13.2. The summed E-state index contributed by atoms with van der Waals surface area (Å²) in [5.41, 5.74) is 9.29. The molecule has 4 rings (SSSR count). The van der Waals surface area contributed by atoms with Crippen molar-refractivity contribution >= 4 is 23.4 Å². The van der Waals surface area contributed by atoms with Gasteiger partial charge in [-0.2, -0.15) is 0 Å². The van der Waals surface area contributed by atoms with Crippen LogP contribution in [0.3, 0.4) is 0 Å². The molecule has 1 unspecified atom stereocenters. The zero-order valence-corrected chi connectivity index (χ0v) is 19.9. The Kier molecular flexibility index (Phi) is 8.07. The lowest BCUT2D eigenvalue weighted by atomic mass is 10.0. The molecule has 0 radical (unpaired) electrons. The van der Waals surface area contributed by atoms with Crippen LogP contribution < -0.4 is 16.4 Å². The molecule has 0 aliphatic carbocycles. The highest BCUT2D eigenvalue weighted by Crippen LogP contribution is 2.21. The second-order valence-electron chi connectivity index (χ2n) is 8.82. The Morgan fingerprint density at radius 1 is 0.972 bits per heavy atom. The molecule has 0 aromatic heterocycles. The first kappa shape index (κ1) is 25.1. The van der Waals surface area contributed by atoms with Gasteiger partial charge in [-0.3, -0.25) is 14.4 Å². The molecule has 3 aromatic rings. The molecule has 0 spiro atoms. The van der Waals surface area contributed by atoms with Crippen molar-refractivity contribution in [2.24, 2.45) is 5.73 Å². The number of hydrogen-bond acceptors (Lipinski definition) is 4. The van der Waals surface area contributed by atoms with Gasteiger partial charge in [0.05, 0.1) is 6.54 Å². The fraction of sp³-hybridized carbons (Fsp3) is 0.250. The number of nitrogens with zero attached hydrogens (tertiary/aromatic N) is 1. The summed E-state index contributed by atoms with van der Waals surface area (Å²) < 4.78 is 13.2. The fourth-order valence-electron chi connectivity index (χ4n) is 4.24. The molecule has 36 heavy (non-hydrogen) atoms. The quantitative estimate of drug-likeness (QED) is 0.472. The lowest BCUT2D eigenvalue weighted by Gasteiger charge is -2.24. The number of benzene rings is 3. The summed E-state index contributed by atoms with van der Waals surface area (Å²) in [4.78, 5) is 40.1. The molecular formula is C28H29FN4O3. The molecule has 3 amide bonds. The van der Waals surface area contributed by atoms with Crippen molar-refractivity contribution in [1.29, 1.82) is 0 Å². The van der Waals surface area contributed by atoms with Crippen LogP contribution in [0.15, 0.2) is 72.8 Å². The number of carbonyl (C=O) groups excluding carboxylic acids is 3. The van der Waals surface area contributed by atoms with Gasteiger partial charge in [-0.25, -0.2) is 4.39 Å². The number of nitrogens with one attached hydrogen (secondary N) is 2. The molecule has 7 nitrogen and oxygen atoms in total. The molecule has 1 aliphatic heterocycles. The summed E-state index contributed by atoms with van der Waals surface area (Å²) in [5.74, 6) is -1.24. The van der Waals surface area contributed by atoms with Crippen LogP contribution in [0.2, 0.25) is 0 Å². The summed E-state index contributed by atoms with van der Waals surface area (Å²) in [6.07, 6.45) is 2.02. The van der Waals surface area contributed by atoms with Crippen molar-refractivity contribution in [3.8, 4) is 11.1 Å². The van der Waals surface area contributed by atoms with E-state index in [4.69, 9.17) is 5.73 Å². The topological polar surface area (TPSA) is 105 Å². The van der Waals surface area contributed by atoms with Crippen molar-refractivity contribution < 1.29 is 18.8 Å². The zero-order chi connectivity index (χ0) is 25.5. The third-order valence-electron chi connectivity index (χ3n) is 6.19. The Labute approximate surface area is 209 Å². The van der Waals surface area contributed by atoms with Gasteiger partial charge >= 0.3 is 0 Å². The third kappa shape index (κ3) is 6.34. The molecule has 1 fully saturated rings. The Hall–Kier alpha value is -4.04. The minimum absolute atomic E-state index is 0.0928. The highest BCUT2D eigenvalue weighted by molar-refractivity contribution is 5.99. The van der Waals surface area contributed by atoms with Crippen molar-refractivity contribution in [2.75, 3.05) is 18.4 Å². The maximum absolute atomic E-state index is 13.2. The fourth-order valence-corrected chi connectivity index (χ4v) is 4.24. The van der Waals surface area contributed by atoms with Gasteiger partial charge in [0.2, 0.25) is 11.8 Å². The molecule has 3 aromatic carbocycles. The van der Waals surface area contributed by atoms with Crippen molar-refractivity contribution in [1.82, 2.24) is 10.2 Å². The van der Waals surface area contributed by atoms with E-state index in [2.05, 4.69) is 10.6 Å². The second kappa shape index (κ2) is 11.6. The van der Waals surface area contributed by atoms with Crippen molar-refractivity contribution in [3.63, 3.8) is 0 Å². The van der Waals surface area contributed by atoms with E-state index in [1.807, 2.05) is 12.1 Å². The molecule has 1 saturated heterocycles. The smallest absolute Gasteiger partial charge is 0.251 e. The van der Waals surface area contributed by atoms with Crippen LogP contribution in [0.4, 0.5) is 10.1 Å². The van der Waals surface area contributed by atoms with E-state index in [1.165, 1.54) is 17.0 Å². The van der Waals surface area contributed by atoms with Crippen LogP contribution in [0.5, 0.6) is 0 Å². The first-order valence-corrected chi connectivity index (χ1v) is 12.0. The predicted octanol–water partition coefficient (Wildman–Crippen LogP) is 3.70. The van der Waals surface area contributed by atoms with Crippen molar-refractivity contribution in [3.05, 3.63) is 89.7 Å². The van der Waals surface area contributed by atoms with E-state index >= 15 is 0 Å². The Bertz CT molecular complexity index is 1230. The van der Waals surface area contributed by atoms with E-state index in [9.17, 15) is 18.8 Å². The van der Waals surface area contributed by atoms with Gasteiger partial charge in [0, 0.05) is 24.3 Å². The SMILES string of the molecule is NCc1cccc(NC(=O)CN2CCCCC(NC(=O)c3ccc(-c4ccc(F)cc4)cc3)C2=O)c1. The molecule has 1 aliphatic rings. The predicted molar refractivity (Wildman–Crippen MR) is 136 cm³/mol. The number of hydrogen-bond donors (Lipinski definition) is 3. The van der Waals surface area contributed by atoms with Crippen molar-refractivity contribution in [2.45, 2.75) is 31.8 Å². The Morgan fingerprint density at radius 2 is 1.67 bits per heavy atom. The maximum Gasteiger partial charge on any atom is 0.251 e. The minimum atomic E-state index is -0.704. The normalized spacial score (nSPS) is 15.8.